The molecule has 0 atom stereocenters. The van der Waals surface area contributed by atoms with Gasteiger partial charge in [0, 0.05) is 0 Å². The fourth-order valence-corrected chi connectivity index (χ4v) is 3.32. The second kappa shape index (κ2) is 7.97. The first-order chi connectivity index (χ1) is 13.8. The van der Waals surface area contributed by atoms with Crippen LogP contribution in [-0.2, 0) is 4.74 Å². The van der Waals surface area contributed by atoms with Crippen LogP contribution in [0.2, 0.25) is 0 Å². The van der Waals surface area contributed by atoms with Crippen molar-refractivity contribution in [3.05, 3.63) is 96.1 Å². The van der Waals surface area contributed by atoms with Crippen LogP contribution < -0.4 is 4.74 Å². The molecule has 28 heavy (non-hydrogen) atoms. The molecule has 0 radical (unpaired) electrons. The average Bonchev–Trinajstić information content (AvgIpc) is 2.76. The van der Waals surface area contributed by atoms with Crippen molar-refractivity contribution < 1.29 is 14.3 Å². The molecule has 0 aliphatic heterocycles. The van der Waals surface area contributed by atoms with E-state index in [0.717, 1.165) is 32.9 Å². The molecule has 0 fully saturated rings. The molecule has 0 heterocycles. The van der Waals surface area contributed by atoms with Crippen molar-refractivity contribution in [1.29, 1.82) is 0 Å². The van der Waals surface area contributed by atoms with E-state index >= 15 is 0 Å². The quantitative estimate of drug-likeness (QED) is 0.326. The Hall–Kier alpha value is -3.59. The summed E-state index contributed by atoms with van der Waals surface area (Å²) in [6.07, 6.45) is 3.76. The van der Waals surface area contributed by atoms with Crippen molar-refractivity contribution in [2.24, 2.45) is 0 Å². The van der Waals surface area contributed by atoms with Gasteiger partial charge in [-0.3, -0.25) is 0 Å². The van der Waals surface area contributed by atoms with Gasteiger partial charge in [0.15, 0.2) is 0 Å². The van der Waals surface area contributed by atoms with Gasteiger partial charge in [0.05, 0.1) is 12.7 Å². The number of ether oxygens (including phenoxy) is 2. The van der Waals surface area contributed by atoms with E-state index in [1.165, 1.54) is 0 Å². The van der Waals surface area contributed by atoms with Gasteiger partial charge in [-0.05, 0) is 51.4 Å². The monoisotopic (exact) mass is 368 g/mol. The van der Waals surface area contributed by atoms with Crippen molar-refractivity contribution in [1.82, 2.24) is 0 Å². The van der Waals surface area contributed by atoms with E-state index in [0.29, 0.717) is 5.56 Å². The number of methoxy groups -OCH3 is 1. The Bertz CT molecular complexity index is 1160. The Morgan fingerprint density at radius 2 is 1.54 bits per heavy atom. The summed E-state index contributed by atoms with van der Waals surface area (Å²) in [6, 6.07) is 25.6. The van der Waals surface area contributed by atoms with E-state index < -0.39 is 0 Å². The molecule has 3 heteroatoms. The van der Waals surface area contributed by atoms with Crippen LogP contribution in [0.4, 0.5) is 0 Å². The highest BCUT2D eigenvalue weighted by Crippen LogP contribution is 2.29. The largest absolute Gasteiger partial charge is 0.497 e. The molecule has 4 aromatic rings. The summed E-state index contributed by atoms with van der Waals surface area (Å²) in [7, 11) is 1.64. The molecule has 0 unspecified atom stereocenters. The fraction of sp³-hybridized carbons (Fsp3) is 0.0800. The number of carbonyl (C=O) groups is 1. The minimum atomic E-state index is -0.318. The molecular weight excluding hydrogens is 348 g/mol. The van der Waals surface area contributed by atoms with E-state index in [2.05, 4.69) is 6.07 Å². The van der Waals surface area contributed by atoms with Crippen molar-refractivity contribution in [3.8, 4) is 5.75 Å². The maximum absolute atomic E-state index is 12.7. The third-order valence-corrected chi connectivity index (χ3v) is 4.72. The molecule has 3 nitrogen and oxygen atoms in total. The summed E-state index contributed by atoms with van der Waals surface area (Å²) >= 11 is 0. The molecule has 0 aliphatic rings. The van der Waals surface area contributed by atoms with E-state index in [1.54, 1.807) is 7.11 Å². The van der Waals surface area contributed by atoms with Gasteiger partial charge < -0.3 is 9.47 Å². The lowest BCUT2D eigenvalue weighted by atomic mass is 9.97. The van der Waals surface area contributed by atoms with Crippen molar-refractivity contribution in [2.75, 3.05) is 13.7 Å². The molecule has 0 spiro atoms. The number of esters is 1. The lowest BCUT2D eigenvalue weighted by molar-refractivity contribution is 0.0552. The second-order valence-electron chi connectivity index (χ2n) is 6.46. The van der Waals surface area contributed by atoms with E-state index in [1.807, 2.05) is 84.9 Å². The van der Waals surface area contributed by atoms with Gasteiger partial charge in [-0.15, -0.1) is 0 Å². The lowest BCUT2D eigenvalue weighted by Gasteiger charge is -2.10. The molecule has 0 aromatic heterocycles. The maximum Gasteiger partial charge on any atom is 0.339 e. The standard InChI is InChI=1S/C25H20O3/c1-27-20-14-12-18(13-15-20)7-6-16-28-25(26)24-17-19-8-2-3-9-21(19)22-10-4-5-11-23(22)24/h2-15,17H,16H2,1H3/b7-6+. The molecule has 0 saturated carbocycles. The minimum absolute atomic E-state index is 0.214. The van der Waals surface area contributed by atoms with Gasteiger partial charge in [-0.2, -0.15) is 0 Å². The van der Waals surface area contributed by atoms with Gasteiger partial charge in [0.25, 0.3) is 0 Å². The normalized spacial score (nSPS) is 11.2. The van der Waals surface area contributed by atoms with Crippen LogP contribution in [0.25, 0.3) is 27.6 Å². The zero-order valence-electron chi connectivity index (χ0n) is 15.6. The number of fused-ring (bicyclic) bond motifs is 3. The molecule has 0 saturated heterocycles. The van der Waals surface area contributed by atoms with Crippen LogP contribution in [0.15, 0.2) is 84.9 Å². The van der Waals surface area contributed by atoms with E-state index in [4.69, 9.17) is 9.47 Å². The zero-order chi connectivity index (χ0) is 19.3. The summed E-state index contributed by atoms with van der Waals surface area (Å²) in [5.41, 5.74) is 1.61. The Morgan fingerprint density at radius 1 is 0.857 bits per heavy atom. The van der Waals surface area contributed by atoms with Crippen LogP contribution in [0.1, 0.15) is 15.9 Å². The lowest BCUT2D eigenvalue weighted by Crippen LogP contribution is -2.06. The molecule has 0 bridgehead atoms. The van der Waals surface area contributed by atoms with Crippen LogP contribution >= 0.6 is 0 Å². The average molecular weight is 368 g/mol. The molecule has 4 aromatic carbocycles. The summed E-state index contributed by atoms with van der Waals surface area (Å²) in [5, 5.41) is 4.13. The smallest absolute Gasteiger partial charge is 0.339 e. The highest BCUT2D eigenvalue weighted by atomic mass is 16.5. The summed E-state index contributed by atoms with van der Waals surface area (Å²) in [4.78, 5) is 12.7. The van der Waals surface area contributed by atoms with Gasteiger partial charge in [-0.25, -0.2) is 4.79 Å². The van der Waals surface area contributed by atoms with E-state index in [-0.39, 0.29) is 12.6 Å². The number of benzene rings is 4. The first kappa shape index (κ1) is 17.8. The number of carbonyl (C=O) groups excluding carboxylic acids is 1. The third kappa shape index (κ3) is 3.60. The first-order valence-electron chi connectivity index (χ1n) is 9.14. The summed E-state index contributed by atoms with van der Waals surface area (Å²) in [6.45, 7) is 0.214. The first-order valence-corrected chi connectivity index (χ1v) is 9.14. The summed E-state index contributed by atoms with van der Waals surface area (Å²) < 4.78 is 10.6. The molecule has 4 rings (SSSR count). The Morgan fingerprint density at radius 3 is 2.29 bits per heavy atom. The number of hydrogen-bond donors (Lipinski definition) is 0. The van der Waals surface area contributed by atoms with E-state index in [9.17, 15) is 4.79 Å². The van der Waals surface area contributed by atoms with Crippen LogP contribution in [-0.4, -0.2) is 19.7 Å². The van der Waals surface area contributed by atoms with Gasteiger partial charge in [-0.1, -0.05) is 66.7 Å². The fourth-order valence-electron chi connectivity index (χ4n) is 3.32. The maximum atomic E-state index is 12.7. The van der Waals surface area contributed by atoms with Crippen molar-refractivity contribution in [2.45, 2.75) is 0 Å². The predicted molar refractivity (Wildman–Crippen MR) is 114 cm³/mol. The summed E-state index contributed by atoms with van der Waals surface area (Å²) in [5.74, 6) is 0.494. The SMILES string of the molecule is COc1ccc(/C=C/COC(=O)c2cc3ccccc3c3ccccc23)cc1. The zero-order valence-corrected chi connectivity index (χ0v) is 15.6. The van der Waals surface area contributed by atoms with Crippen molar-refractivity contribution in [3.63, 3.8) is 0 Å². The van der Waals surface area contributed by atoms with Crippen molar-refractivity contribution >= 4 is 33.6 Å². The molecule has 0 N–H and O–H groups in total. The van der Waals surface area contributed by atoms with Crippen LogP contribution in [0.3, 0.4) is 0 Å². The Labute approximate surface area is 163 Å². The molecule has 138 valence electrons. The molecule has 0 amide bonds. The Kier molecular flexibility index (Phi) is 5.07. The topological polar surface area (TPSA) is 35.5 Å². The highest BCUT2D eigenvalue weighted by Gasteiger charge is 2.13. The van der Waals surface area contributed by atoms with Gasteiger partial charge in [0.1, 0.15) is 12.4 Å². The third-order valence-electron chi connectivity index (χ3n) is 4.72. The van der Waals surface area contributed by atoms with Crippen LogP contribution in [0, 0.1) is 0 Å². The minimum Gasteiger partial charge on any atom is -0.497 e. The van der Waals surface area contributed by atoms with Crippen LogP contribution in [0.5, 0.6) is 5.75 Å². The molecule has 0 aliphatic carbocycles. The Balaban J connectivity index is 1.54. The molecular formula is C25H20O3. The second-order valence-corrected chi connectivity index (χ2v) is 6.46. The van der Waals surface area contributed by atoms with Gasteiger partial charge >= 0.3 is 5.97 Å². The van der Waals surface area contributed by atoms with Gasteiger partial charge in [0.2, 0.25) is 0 Å². The highest BCUT2D eigenvalue weighted by molar-refractivity contribution is 6.15. The number of hydrogen-bond acceptors (Lipinski definition) is 3. The predicted octanol–water partition coefficient (Wildman–Crippen LogP) is 5.87. The number of rotatable bonds is 5.